The molecule has 66 valence electrons. The zero-order valence-corrected chi connectivity index (χ0v) is 7.91. The minimum atomic E-state index is 0.109. The van der Waals surface area contributed by atoms with Gasteiger partial charge in [-0.25, -0.2) is 0 Å². The van der Waals surface area contributed by atoms with Crippen LogP contribution in [-0.2, 0) is 0 Å². The van der Waals surface area contributed by atoms with Crippen LogP contribution in [0.4, 0.5) is 0 Å². The summed E-state index contributed by atoms with van der Waals surface area (Å²) in [7, 11) is 0. The van der Waals surface area contributed by atoms with E-state index >= 15 is 0 Å². The fourth-order valence-corrected chi connectivity index (χ4v) is 1.15. The van der Waals surface area contributed by atoms with Gasteiger partial charge in [0.1, 0.15) is 0 Å². The fraction of sp³-hybridized carbons (Fsp3) is 0.500. The van der Waals surface area contributed by atoms with Crippen LogP contribution in [0, 0.1) is 12.8 Å². The first-order chi connectivity index (χ1) is 5.61. The second-order valence-corrected chi connectivity index (χ2v) is 3.57. The number of hydrogen-bond acceptors (Lipinski definition) is 2. The molecule has 0 aliphatic heterocycles. The number of hydrogen-bond donors (Lipinski definition) is 1. The molecular formula is C10H16N2. The molecule has 0 saturated carbocycles. The third-order valence-electron chi connectivity index (χ3n) is 2.00. The first-order valence-corrected chi connectivity index (χ1v) is 4.28. The van der Waals surface area contributed by atoms with Crippen molar-refractivity contribution >= 4 is 0 Å². The molecule has 0 spiro atoms. The van der Waals surface area contributed by atoms with E-state index in [1.807, 2.05) is 19.3 Å². The summed E-state index contributed by atoms with van der Waals surface area (Å²) in [5.74, 6) is 0.466. The zero-order chi connectivity index (χ0) is 9.14. The Morgan fingerprint density at radius 2 is 2.00 bits per heavy atom. The number of nitrogens with zero attached hydrogens (tertiary/aromatic N) is 1. The smallest absolute Gasteiger partial charge is 0.0333 e. The molecular weight excluding hydrogens is 148 g/mol. The van der Waals surface area contributed by atoms with Gasteiger partial charge in [-0.05, 0) is 24.0 Å². The van der Waals surface area contributed by atoms with Crippen molar-refractivity contribution < 1.29 is 0 Å². The number of nitrogens with two attached hydrogens (primary N) is 1. The summed E-state index contributed by atoms with van der Waals surface area (Å²) in [5.41, 5.74) is 8.27. The third-order valence-corrected chi connectivity index (χ3v) is 2.00. The molecule has 0 radical (unpaired) electrons. The Balaban J connectivity index is 2.88. The van der Waals surface area contributed by atoms with E-state index in [0.29, 0.717) is 5.92 Å². The van der Waals surface area contributed by atoms with Gasteiger partial charge < -0.3 is 5.73 Å². The molecule has 0 bridgehead atoms. The number of aromatic nitrogens is 1. The molecule has 1 rings (SSSR count). The Labute approximate surface area is 73.8 Å². The maximum Gasteiger partial charge on any atom is 0.0333 e. The molecule has 0 amide bonds. The van der Waals surface area contributed by atoms with Crippen LogP contribution in [0.3, 0.4) is 0 Å². The van der Waals surface area contributed by atoms with Gasteiger partial charge in [0, 0.05) is 18.4 Å². The van der Waals surface area contributed by atoms with Crippen LogP contribution < -0.4 is 5.73 Å². The topological polar surface area (TPSA) is 38.9 Å². The highest BCUT2D eigenvalue weighted by Gasteiger charge is 2.09. The van der Waals surface area contributed by atoms with Gasteiger partial charge >= 0.3 is 0 Å². The predicted octanol–water partition coefficient (Wildman–Crippen LogP) is 2.05. The third kappa shape index (κ3) is 2.05. The lowest BCUT2D eigenvalue weighted by atomic mass is 9.98. The van der Waals surface area contributed by atoms with E-state index in [2.05, 4.69) is 24.9 Å². The summed E-state index contributed by atoms with van der Waals surface area (Å²) in [4.78, 5) is 4.11. The minimum absolute atomic E-state index is 0.109. The van der Waals surface area contributed by atoms with Crippen LogP contribution in [0.1, 0.15) is 31.0 Å². The lowest BCUT2D eigenvalue weighted by molar-refractivity contribution is 0.512. The summed E-state index contributed by atoms with van der Waals surface area (Å²) in [5, 5.41) is 0. The Morgan fingerprint density at radius 3 is 2.50 bits per heavy atom. The van der Waals surface area contributed by atoms with Gasteiger partial charge in [-0.3, -0.25) is 4.98 Å². The number of aryl methyl sites for hydroxylation is 1. The minimum Gasteiger partial charge on any atom is -0.324 e. The fourth-order valence-electron chi connectivity index (χ4n) is 1.15. The predicted molar refractivity (Wildman–Crippen MR) is 50.7 cm³/mol. The Kier molecular flexibility index (Phi) is 2.82. The zero-order valence-electron chi connectivity index (χ0n) is 7.91. The van der Waals surface area contributed by atoms with Crippen molar-refractivity contribution in [3.63, 3.8) is 0 Å². The van der Waals surface area contributed by atoms with E-state index in [0.717, 1.165) is 5.56 Å². The first-order valence-electron chi connectivity index (χ1n) is 4.28. The first kappa shape index (κ1) is 9.20. The summed E-state index contributed by atoms with van der Waals surface area (Å²) >= 11 is 0. The largest absolute Gasteiger partial charge is 0.324 e. The molecule has 0 saturated heterocycles. The van der Waals surface area contributed by atoms with Gasteiger partial charge in [0.05, 0.1) is 0 Å². The van der Waals surface area contributed by atoms with E-state index in [-0.39, 0.29) is 6.04 Å². The molecule has 1 aromatic heterocycles. The average molecular weight is 164 g/mol. The molecule has 0 aromatic carbocycles. The highest BCUT2D eigenvalue weighted by Crippen LogP contribution is 2.18. The van der Waals surface area contributed by atoms with E-state index in [4.69, 9.17) is 5.73 Å². The van der Waals surface area contributed by atoms with E-state index in [1.54, 1.807) is 0 Å². The summed E-state index contributed by atoms with van der Waals surface area (Å²) in [6.07, 6.45) is 3.69. The van der Waals surface area contributed by atoms with Crippen LogP contribution in [0.5, 0.6) is 0 Å². The van der Waals surface area contributed by atoms with Crippen molar-refractivity contribution in [2.45, 2.75) is 26.8 Å². The maximum atomic E-state index is 5.97. The molecule has 0 unspecified atom stereocenters. The van der Waals surface area contributed by atoms with Gasteiger partial charge in [0.25, 0.3) is 0 Å². The second-order valence-electron chi connectivity index (χ2n) is 3.57. The molecule has 1 aromatic rings. The van der Waals surface area contributed by atoms with Crippen molar-refractivity contribution in [1.29, 1.82) is 0 Å². The Hall–Kier alpha value is -0.890. The lowest BCUT2D eigenvalue weighted by Crippen LogP contribution is -2.16. The molecule has 2 N–H and O–H groups in total. The van der Waals surface area contributed by atoms with E-state index in [9.17, 15) is 0 Å². The van der Waals surface area contributed by atoms with Crippen LogP contribution in [0.25, 0.3) is 0 Å². The normalized spacial score (nSPS) is 13.4. The molecule has 2 nitrogen and oxygen atoms in total. The molecule has 12 heavy (non-hydrogen) atoms. The summed E-state index contributed by atoms with van der Waals surface area (Å²) < 4.78 is 0. The highest BCUT2D eigenvalue weighted by molar-refractivity contribution is 5.20. The van der Waals surface area contributed by atoms with Crippen molar-refractivity contribution in [1.82, 2.24) is 4.98 Å². The Bertz CT molecular complexity index is 256. The van der Waals surface area contributed by atoms with Crippen LogP contribution in [-0.4, -0.2) is 4.98 Å². The number of pyridine rings is 1. The van der Waals surface area contributed by atoms with E-state index in [1.165, 1.54) is 5.56 Å². The quantitative estimate of drug-likeness (QED) is 0.726. The molecule has 1 heterocycles. The van der Waals surface area contributed by atoms with E-state index < -0.39 is 0 Å². The molecule has 2 heteroatoms. The number of rotatable bonds is 2. The highest BCUT2D eigenvalue weighted by atomic mass is 14.7. The summed E-state index contributed by atoms with van der Waals surface area (Å²) in [6, 6.07) is 2.20. The van der Waals surface area contributed by atoms with Crippen molar-refractivity contribution in [3.05, 3.63) is 29.6 Å². The monoisotopic (exact) mass is 164 g/mol. The van der Waals surface area contributed by atoms with Gasteiger partial charge in [0.2, 0.25) is 0 Å². The van der Waals surface area contributed by atoms with Crippen molar-refractivity contribution in [3.8, 4) is 0 Å². The lowest BCUT2D eigenvalue weighted by Gasteiger charge is -2.15. The van der Waals surface area contributed by atoms with Crippen molar-refractivity contribution in [2.24, 2.45) is 11.7 Å². The maximum absolute atomic E-state index is 5.97. The van der Waals surface area contributed by atoms with Gasteiger partial charge in [-0.2, -0.15) is 0 Å². The molecule has 0 aliphatic carbocycles. The molecule has 0 fully saturated rings. The van der Waals surface area contributed by atoms with Crippen LogP contribution in [0.2, 0.25) is 0 Å². The average Bonchev–Trinajstić information content (AvgIpc) is 2.03. The molecule has 1 atom stereocenters. The van der Waals surface area contributed by atoms with Crippen molar-refractivity contribution in [2.75, 3.05) is 0 Å². The van der Waals surface area contributed by atoms with Crippen LogP contribution >= 0.6 is 0 Å². The van der Waals surface area contributed by atoms with Gasteiger partial charge in [-0.1, -0.05) is 19.9 Å². The standard InChI is InChI=1S/C10H16N2/c1-7(2)10(11)9-4-8(3)5-12-6-9/h4-7,10H,11H2,1-3H3/t10-/m0/s1. The van der Waals surface area contributed by atoms with Gasteiger partial charge in [0.15, 0.2) is 0 Å². The summed E-state index contributed by atoms with van der Waals surface area (Å²) in [6.45, 7) is 6.27. The van der Waals surface area contributed by atoms with Crippen LogP contribution in [0.15, 0.2) is 18.5 Å². The SMILES string of the molecule is Cc1cncc([C@@H](N)C(C)C)c1. The van der Waals surface area contributed by atoms with Gasteiger partial charge in [-0.15, -0.1) is 0 Å². The second kappa shape index (κ2) is 3.68. The molecule has 0 aliphatic rings. The Morgan fingerprint density at radius 1 is 1.33 bits per heavy atom.